The molecule has 5 rings (SSSR count). The third-order valence-electron chi connectivity index (χ3n) is 9.13. The topological polar surface area (TPSA) is 52.6 Å². The van der Waals surface area contributed by atoms with Crippen LogP contribution in [0.1, 0.15) is 78.6 Å². The van der Waals surface area contributed by atoms with Crippen LogP contribution in [0.15, 0.2) is 11.6 Å². The molecule has 0 aromatic heterocycles. The van der Waals surface area contributed by atoms with Crippen LogP contribution in [0.4, 0.5) is 0 Å². The smallest absolute Gasteiger partial charge is 0.162 e. The molecule has 4 heteroatoms. The van der Waals surface area contributed by atoms with Gasteiger partial charge in [-0.25, -0.2) is 0 Å². The highest BCUT2D eigenvalue weighted by atomic mass is 16.7. The first-order valence-electron chi connectivity index (χ1n) is 11.0. The molecular weight excluding hydrogens is 340 g/mol. The number of carbonyl (C=O) groups excluding carboxylic acids is 2. The van der Waals surface area contributed by atoms with Gasteiger partial charge in [0, 0.05) is 11.8 Å². The number of ether oxygens (including phenoxy) is 2. The monoisotopic (exact) mass is 372 g/mol. The maximum absolute atomic E-state index is 12.9. The summed E-state index contributed by atoms with van der Waals surface area (Å²) in [5.74, 6) is 2.10. The maximum Gasteiger partial charge on any atom is 0.162 e. The number of fused-ring (bicyclic) bond motifs is 3. The Labute approximate surface area is 162 Å². The Balaban J connectivity index is 1.58. The van der Waals surface area contributed by atoms with Crippen molar-refractivity contribution in [2.24, 2.45) is 23.2 Å². The van der Waals surface area contributed by atoms with Gasteiger partial charge in [-0.2, -0.15) is 0 Å². The normalized spacial score (nSPS) is 51.1. The number of ketones is 2. The van der Waals surface area contributed by atoms with Crippen molar-refractivity contribution in [2.45, 2.75) is 96.1 Å². The lowest BCUT2D eigenvalue weighted by Crippen LogP contribution is -2.70. The summed E-state index contributed by atoms with van der Waals surface area (Å²) in [7, 11) is 0. The number of hydrogen-bond donors (Lipinski definition) is 0. The average molecular weight is 373 g/mol. The van der Waals surface area contributed by atoms with E-state index in [-0.39, 0.29) is 23.1 Å². The summed E-state index contributed by atoms with van der Waals surface area (Å²) >= 11 is 0. The molecular formula is C23H32O4. The van der Waals surface area contributed by atoms with E-state index in [1.54, 1.807) is 6.92 Å². The van der Waals surface area contributed by atoms with E-state index in [9.17, 15) is 9.59 Å². The highest BCUT2D eigenvalue weighted by molar-refractivity contribution is 5.91. The van der Waals surface area contributed by atoms with E-state index in [0.717, 1.165) is 51.4 Å². The highest BCUT2D eigenvalue weighted by Gasteiger charge is 2.76. The highest BCUT2D eigenvalue weighted by Crippen LogP contribution is 2.71. The number of carbonyl (C=O) groups is 2. The van der Waals surface area contributed by atoms with Gasteiger partial charge in [-0.05, 0) is 82.1 Å². The fraction of sp³-hybridized carbons (Fsp3) is 0.826. The van der Waals surface area contributed by atoms with E-state index in [4.69, 9.17) is 9.47 Å². The van der Waals surface area contributed by atoms with Gasteiger partial charge >= 0.3 is 0 Å². The van der Waals surface area contributed by atoms with E-state index in [0.29, 0.717) is 30.0 Å². The minimum Gasteiger partial charge on any atom is -0.345 e. The van der Waals surface area contributed by atoms with Gasteiger partial charge in [0.2, 0.25) is 0 Å². The second kappa shape index (κ2) is 5.76. The zero-order valence-corrected chi connectivity index (χ0v) is 16.9. The minimum atomic E-state index is -0.671. The summed E-state index contributed by atoms with van der Waals surface area (Å²) < 4.78 is 13.2. The van der Waals surface area contributed by atoms with Gasteiger partial charge < -0.3 is 9.47 Å². The Hall–Kier alpha value is -1.00. The number of rotatable bonds is 2. The first kappa shape index (κ1) is 18.1. The Morgan fingerprint density at radius 1 is 1.15 bits per heavy atom. The molecule has 0 aromatic rings. The van der Waals surface area contributed by atoms with Gasteiger partial charge in [-0.3, -0.25) is 9.59 Å². The maximum atomic E-state index is 12.9. The van der Waals surface area contributed by atoms with Crippen molar-refractivity contribution in [3.8, 4) is 0 Å². The fourth-order valence-electron chi connectivity index (χ4n) is 7.90. The largest absolute Gasteiger partial charge is 0.345 e. The standard InChI is InChI=1S/C23H32O4/c1-4-20-26-22(14(2)24)11-12-23(27-20)19-8-5-15-13-16(25)6-7-17(15)18(19)9-10-21(22,23)3/h13,17-20H,4-12H2,1-3H3/t17-,18+,19+,20?,21+,22-,23+/m0/s1. The van der Waals surface area contributed by atoms with Crippen LogP contribution in [0.3, 0.4) is 0 Å². The molecule has 0 aromatic carbocycles. The van der Waals surface area contributed by atoms with E-state index in [2.05, 4.69) is 13.8 Å². The summed E-state index contributed by atoms with van der Waals surface area (Å²) in [6.45, 7) is 6.09. The average Bonchev–Trinajstić information content (AvgIpc) is 2.79. The fourth-order valence-corrected chi connectivity index (χ4v) is 7.90. The quantitative estimate of drug-likeness (QED) is 0.723. The molecule has 5 aliphatic rings. The summed E-state index contributed by atoms with van der Waals surface area (Å²) in [5, 5.41) is 0. The second-order valence-corrected chi connectivity index (χ2v) is 9.86. The summed E-state index contributed by atoms with van der Waals surface area (Å²) in [6, 6.07) is 0. The van der Waals surface area contributed by atoms with Gasteiger partial charge in [0.15, 0.2) is 17.9 Å². The van der Waals surface area contributed by atoms with Crippen LogP contribution < -0.4 is 0 Å². The summed E-state index contributed by atoms with van der Waals surface area (Å²) in [4.78, 5) is 24.8. The molecule has 1 unspecified atom stereocenters. The van der Waals surface area contributed by atoms with Gasteiger partial charge in [-0.1, -0.05) is 19.4 Å². The van der Waals surface area contributed by atoms with Crippen LogP contribution in [0, 0.1) is 23.2 Å². The molecule has 1 heterocycles. The van der Waals surface area contributed by atoms with Crippen LogP contribution in [0.25, 0.3) is 0 Å². The van der Waals surface area contributed by atoms with Crippen molar-refractivity contribution in [1.82, 2.24) is 0 Å². The SMILES string of the molecule is CCC1O[C@]2(C(C)=O)CC[C@@]3(O1)[C@@H]1CCC4=CC(=O)CC[C@@H]4[C@H]1CC[C@]23C. The van der Waals surface area contributed by atoms with Gasteiger partial charge in [0.1, 0.15) is 5.60 Å². The molecule has 0 spiro atoms. The molecule has 0 amide bonds. The molecule has 2 bridgehead atoms. The zero-order chi connectivity index (χ0) is 19.0. The molecule has 7 atom stereocenters. The molecule has 4 nitrogen and oxygen atoms in total. The Morgan fingerprint density at radius 2 is 1.96 bits per heavy atom. The van der Waals surface area contributed by atoms with Gasteiger partial charge in [0.25, 0.3) is 0 Å². The second-order valence-electron chi connectivity index (χ2n) is 9.86. The van der Waals surface area contributed by atoms with Crippen molar-refractivity contribution in [1.29, 1.82) is 0 Å². The lowest BCUT2D eigenvalue weighted by Gasteiger charge is -2.65. The first-order valence-corrected chi connectivity index (χ1v) is 11.0. The molecule has 1 aliphatic heterocycles. The molecule has 27 heavy (non-hydrogen) atoms. The van der Waals surface area contributed by atoms with Crippen LogP contribution in [-0.2, 0) is 19.1 Å². The predicted molar refractivity (Wildman–Crippen MR) is 101 cm³/mol. The van der Waals surface area contributed by atoms with Crippen LogP contribution >= 0.6 is 0 Å². The lowest BCUT2D eigenvalue weighted by atomic mass is 9.47. The molecule has 4 fully saturated rings. The minimum absolute atomic E-state index is 0.187. The molecule has 0 radical (unpaired) electrons. The third-order valence-corrected chi connectivity index (χ3v) is 9.13. The van der Waals surface area contributed by atoms with Crippen molar-refractivity contribution >= 4 is 11.6 Å². The number of allylic oxidation sites excluding steroid dienone is 1. The Morgan fingerprint density at radius 3 is 2.70 bits per heavy atom. The van der Waals surface area contributed by atoms with Crippen LogP contribution in [0.2, 0.25) is 0 Å². The van der Waals surface area contributed by atoms with Crippen LogP contribution in [0.5, 0.6) is 0 Å². The molecule has 3 saturated carbocycles. The van der Waals surface area contributed by atoms with Gasteiger partial charge in [-0.15, -0.1) is 0 Å². The van der Waals surface area contributed by atoms with E-state index in [1.165, 1.54) is 5.57 Å². The van der Waals surface area contributed by atoms with Crippen molar-refractivity contribution < 1.29 is 19.1 Å². The van der Waals surface area contributed by atoms with Gasteiger partial charge in [0.05, 0.1) is 5.60 Å². The molecule has 0 N–H and O–H groups in total. The van der Waals surface area contributed by atoms with E-state index in [1.807, 2.05) is 6.08 Å². The Bertz CT molecular complexity index is 726. The first-order chi connectivity index (χ1) is 12.9. The Kier molecular flexibility index (Phi) is 3.85. The number of Topliss-reactive ketones (excluding diaryl/α,β-unsaturated/α-hetero) is 1. The zero-order valence-electron chi connectivity index (χ0n) is 16.9. The molecule has 4 aliphatic carbocycles. The van der Waals surface area contributed by atoms with Crippen molar-refractivity contribution in [2.75, 3.05) is 0 Å². The lowest BCUT2D eigenvalue weighted by molar-refractivity contribution is -0.367. The van der Waals surface area contributed by atoms with E-state index >= 15 is 0 Å². The van der Waals surface area contributed by atoms with Crippen LogP contribution in [-0.4, -0.2) is 29.1 Å². The number of hydrogen-bond acceptors (Lipinski definition) is 4. The summed E-state index contributed by atoms with van der Waals surface area (Å²) in [5.41, 5.74) is 0.246. The predicted octanol–water partition coefficient (Wildman–Crippen LogP) is 4.36. The molecule has 148 valence electrons. The third kappa shape index (κ3) is 2.07. The van der Waals surface area contributed by atoms with Crippen molar-refractivity contribution in [3.63, 3.8) is 0 Å². The van der Waals surface area contributed by atoms with Crippen molar-refractivity contribution in [3.05, 3.63) is 11.6 Å². The summed E-state index contributed by atoms with van der Waals surface area (Å²) in [6.07, 6.45) is 10.1. The van der Waals surface area contributed by atoms with E-state index < -0.39 is 5.60 Å². The molecule has 1 saturated heterocycles.